The second-order valence-electron chi connectivity index (χ2n) is 4.40. The van der Waals surface area contributed by atoms with Gasteiger partial charge in [0.1, 0.15) is 4.33 Å². The van der Waals surface area contributed by atoms with Gasteiger partial charge in [-0.1, -0.05) is 17.7 Å². The molecule has 2 rings (SSSR count). The zero-order chi connectivity index (χ0) is 14.4. The Balaban J connectivity index is 2.19. The number of hydrogen-bond donors (Lipinski definition) is 1. The van der Waals surface area contributed by atoms with E-state index in [1.54, 1.807) is 13.0 Å². The van der Waals surface area contributed by atoms with Gasteiger partial charge in [0.15, 0.2) is 0 Å². The Labute approximate surface area is 126 Å². The molecule has 0 aromatic heterocycles. The van der Waals surface area contributed by atoms with Crippen LogP contribution in [0.2, 0.25) is 5.02 Å². The van der Waals surface area contributed by atoms with Gasteiger partial charge in [0.2, 0.25) is 5.91 Å². The molecule has 1 aromatic rings. The largest absolute Gasteiger partial charge is 0.274 e. The second kappa shape index (κ2) is 4.81. The average Bonchev–Trinajstić information content (AvgIpc) is 2.91. The molecule has 1 N–H and O–H groups in total. The molecule has 1 atom stereocenters. The van der Waals surface area contributed by atoms with Crippen LogP contribution in [0.15, 0.2) is 23.1 Å². The van der Waals surface area contributed by atoms with E-state index in [4.69, 9.17) is 34.8 Å². The van der Waals surface area contributed by atoms with Gasteiger partial charge in [-0.15, -0.1) is 23.2 Å². The van der Waals surface area contributed by atoms with Crippen LogP contribution in [-0.4, -0.2) is 18.7 Å². The summed E-state index contributed by atoms with van der Waals surface area (Å²) in [4.78, 5) is 11.6. The lowest BCUT2D eigenvalue weighted by Crippen LogP contribution is -2.33. The van der Waals surface area contributed by atoms with E-state index in [9.17, 15) is 13.2 Å². The van der Waals surface area contributed by atoms with E-state index in [0.717, 1.165) is 5.56 Å². The lowest BCUT2D eigenvalue weighted by atomic mass is 10.2. The summed E-state index contributed by atoms with van der Waals surface area (Å²) in [6.45, 7) is 1.75. The molecule has 1 aromatic carbocycles. The molecule has 19 heavy (non-hydrogen) atoms. The molecule has 104 valence electrons. The number of halogens is 3. The Kier molecular flexibility index (Phi) is 3.77. The van der Waals surface area contributed by atoms with Crippen LogP contribution >= 0.6 is 34.8 Å². The number of hydrogen-bond acceptors (Lipinski definition) is 3. The number of benzene rings is 1. The Morgan fingerprint density at radius 1 is 1.42 bits per heavy atom. The van der Waals surface area contributed by atoms with Crippen molar-refractivity contribution in [2.45, 2.75) is 22.6 Å². The third kappa shape index (κ3) is 3.16. The predicted molar refractivity (Wildman–Crippen MR) is 74.1 cm³/mol. The van der Waals surface area contributed by atoms with Crippen LogP contribution in [0.5, 0.6) is 0 Å². The summed E-state index contributed by atoms with van der Waals surface area (Å²) in [5.74, 6) is -1.41. The van der Waals surface area contributed by atoms with E-state index in [0.29, 0.717) is 5.02 Å². The highest BCUT2D eigenvalue weighted by molar-refractivity contribution is 7.90. The maximum Gasteiger partial charge on any atom is 0.264 e. The molecule has 8 heteroatoms. The topological polar surface area (TPSA) is 63.2 Å². The van der Waals surface area contributed by atoms with Crippen molar-refractivity contribution < 1.29 is 13.2 Å². The molecule has 0 bridgehead atoms. The summed E-state index contributed by atoms with van der Waals surface area (Å²) >= 11 is 17.3. The van der Waals surface area contributed by atoms with Crippen molar-refractivity contribution in [2.24, 2.45) is 5.92 Å². The van der Waals surface area contributed by atoms with E-state index in [-0.39, 0.29) is 11.3 Å². The third-order valence-electron chi connectivity index (χ3n) is 2.83. The van der Waals surface area contributed by atoms with Gasteiger partial charge in [-0.2, -0.15) is 0 Å². The molecule has 1 amide bonds. The van der Waals surface area contributed by atoms with Gasteiger partial charge in [-0.05, 0) is 31.0 Å². The SMILES string of the molecule is Cc1ccc(S(=O)(=O)NC(=O)C2CC2(Cl)Cl)cc1Cl. The van der Waals surface area contributed by atoms with Crippen LogP contribution in [-0.2, 0) is 14.8 Å². The number of aryl methyl sites for hydroxylation is 1. The zero-order valence-corrected chi connectivity index (χ0v) is 12.9. The molecule has 1 aliphatic rings. The first-order chi connectivity index (χ1) is 8.63. The van der Waals surface area contributed by atoms with Gasteiger partial charge in [-0.25, -0.2) is 13.1 Å². The van der Waals surface area contributed by atoms with Crippen molar-refractivity contribution in [2.75, 3.05) is 0 Å². The van der Waals surface area contributed by atoms with E-state index in [1.165, 1.54) is 12.1 Å². The fraction of sp³-hybridized carbons (Fsp3) is 0.364. The second-order valence-corrected chi connectivity index (χ2v) is 8.03. The molecule has 1 saturated carbocycles. The molecule has 1 aliphatic carbocycles. The minimum absolute atomic E-state index is 0.0770. The van der Waals surface area contributed by atoms with Crippen molar-refractivity contribution in [3.63, 3.8) is 0 Å². The average molecular weight is 343 g/mol. The van der Waals surface area contributed by atoms with Crippen LogP contribution in [0.3, 0.4) is 0 Å². The van der Waals surface area contributed by atoms with E-state index in [1.807, 2.05) is 4.72 Å². The summed E-state index contributed by atoms with van der Waals surface area (Å²) < 4.78 is 24.7. The summed E-state index contributed by atoms with van der Waals surface area (Å²) in [6, 6.07) is 4.22. The Morgan fingerprint density at radius 3 is 2.47 bits per heavy atom. The normalized spacial score (nSPS) is 20.9. The standard InChI is InChI=1S/C11H10Cl3NO3S/c1-6-2-3-7(4-9(6)12)19(17,18)15-10(16)8-5-11(8,13)14/h2-4,8H,5H2,1H3,(H,15,16). The molecule has 0 aliphatic heterocycles. The van der Waals surface area contributed by atoms with Crippen LogP contribution < -0.4 is 4.72 Å². The molecule has 0 saturated heterocycles. The number of carbonyl (C=O) groups excluding carboxylic acids is 1. The summed E-state index contributed by atoms with van der Waals surface area (Å²) in [5, 5.41) is 0.311. The zero-order valence-electron chi connectivity index (χ0n) is 9.78. The predicted octanol–water partition coefficient (Wildman–Crippen LogP) is 2.65. The van der Waals surface area contributed by atoms with E-state index < -0.39 is 26.2 Å². The summed E-state index contributed by atoms with van der Waals surface area (Å²) in [7, 11) is -3.96. The van der Waals surface area contributed by atoms with Crippen LogP contribution in [0.25, 0.3) is 0 Å². The number of carbonyl (C=O) groups is 1. The Bertz CT molecular complexity index is 643. The van der Waals surface area contributed by atoms with Gasteiger partial charge in [0.25, 0.3) is 10.0 Å². The summed E-state index contributed by atoms with van der Waals surface area (Å²) in [6.07, 6.45) is 0.242. The van der Waals surface area contributed by atoms with Gasteiger partial charge in [-0.3, -0.25) is 4.79 Å². The number of amides is 1. The smallest absolute Gasteiger partial charge is 0.264 e. The minimum Gasteiger partial charge on any atom is -0.274 e. The highest BCUT2D eigenvalue weighted by Crippen LogP contribution is 2.53. The fourth-order valence-corrected chi connectivity index (χ4v) is 3.30. The molecule has 0 spiro atoms. The van der Waals surface area contributed by atoms with Crippen molar-refractivity contribution in [3.8, 4) is 0 Å². The highest BCUT2D eigenvalue weighted by Gasteiger charge is 2.57. The van der Waals surface area contributed by atoms with Crippen LogP contribution in [0.4, 0.5) is 0 Å². The maximum absolute atomic E-state index is 12.0. The van der Waals surface area contributed by atoms with Crippen LogP contribution in [0.1, 0.15) is 12.0 Å². The lowest BCUT2D eigenvalue weighted by molar-refractivity contribution is -0.120. The molecule has 1 fully saturated rings. The fourth-order valence-electron chi connectivity index (χ4n) is 1.50. The Hall–Kier alpha value is -0.490. The van der Waals surface area contributed by atoms with Crippen LogP contribution in [0, 0.1) is 12.8 Å². The quantitative estimate of drug-likeness (QED) is 0.859. The van der Waals surface area contributed by atoms with E-state index in [2.05, 4.69) is 0 Å². The number of alkyl halides is 2. The van der Waals surface area contributed by atoms with Gasteiger partial charge in [0.05, 0.1) is 10.8 Å². The molecular formula is C11H10Cl3NO3S. The molecule has 4 nitrogen and oxygen atoms in total. The van der Waals surface area contributed by atoms with Crippen molar-refractivity contribution in [3.05, 3.63) is 28.8 Å². The van der Waals surface area contributed by atoms with Crippen molar-refractivity contribution in [1.82, 2.24) is 4.72 Å². The maximum atomic E-state index is 12.0. The molecule has 0 heterocycles. The monoisotopic (exact) mass is 341 g/mol. The first-order valence-electron chi connectivity index (χ1n) is 5.34. The Morgan fingerprint density at radius 2 is 2.00 bits per heavy atom. The number of rotatable bonds is 3. The number of sulfonamides is 1. The first kappa shape index (κ1) is 14.9. The molecule has 1 unspecified atom stereocenters. The van der Waals surface area contributed by atoms with Crippen molar-refractivity contribution in [1.29, 1.82) is 0 Å². The first-order valence-corrected chi connectivity index (χ1v) is 7.96. The van der Waals surface area contributed by atoms with Gasteiger partial charge < -0.3 is 0 Å². The van der Waals surface area contributed by atoms with Gasteiger partial charge in [0, 0.05) is 5.02 Å². The minimum atomic E-state index is -3.96. The molecule has 0 radical (unpaired) electrons. The molecular weight excluding hydrogens is 333 g/mol. The third-order valence-corrected chi connectivity index (χ3v) is 5.42. The lowest BCUT2D eigenvalue weighted by Gasteiger charge is -2.08. The van der Waals surface area contributed by atoms with Crippen molar-refractivity contribution >= 4 is 50.7 Å². The highest BCUT2D eigenvalue weighted by atomic mass is 35.5. The number of nitrogens with one attached hydrogen (secondary N) is 1. The summed E-state index contributed by atoms with van der Waals surface area (Å²) in [5.41, 5.74) is 0.745. The van der Waals surface area contributed by atoms with Gasteiger partial charge >= 0.3 is 0 Å². The van der Waals surface area contributed by atoms with E-state index >= 15 is 0 Å².